The van der Waals surface area contributed by atoms with Crippen molar-refractivity contribution < 1.29 is 0 Å². The normalized spacial score (nSPS) is 11.4. The lowest BCUT2D eigenvalue weighted by atomic mass is 10.0. The minimum atomic E-state index is 0.190. The molecule has 0 atom stereocenters. The zero-order valence-electron chi connectivity index (χ0n) is 16.6. The lowest BCUT2D eigenvalue weighted by Crippen LogP contribution is -2.18. The number of hydrogen-bond donors (Lipinski definition) is 0. The number of rotatable bonds is 7. The van der Waals surface area contributed by atoms with Crippen LogP contribution in [0.5, 0.6) is 0 Å². The molecule has 3 aromatic rings. The maximum absolute atomic E-state index is 9.59. The Morgan fingerprint density at radius 3 is 2.78 bits per heavy atom. The summed E-state index contributed by atoms with van der Waals surface area (Å²) in [6.45, 7) is 8.35. The van der Waals surface area contributed by atoms with Gasteiger partial charge in [-0.1, -0.05) is 31.5 Å². The van der Waals surface area contributed by atoms with Crippen LogP contribution in [0.25, 0.3) is 22.3 Å². The van der Waals surface area contributed by atoms with Crippen molar-refractivity contribution in [2.45, 2.75) is 46.2 Å². The van der Waals surface area contributed by atoms with Crippen LogP contribution in [0.15, 0.2) is 36.5 Å². The third-order valence-electron chi connectivity index (χ3n) is 4.74. The number of hydrogen-bond acceptors (Lipinski definition) is 4. The van der Waals surface area contributed by atoms with E-state index in [0.717, 1.165) is 35.4 Å². The van der Waals surface area contributed by atoms with Crippen LogP contribution < -0.4 is 0 Å². The molecule has 0 unspecified atom stereocenters. The summed E-state index contributed by atoms with van der Waals surface area (Å²) in [7, 11) is 2.15. The molecule has 0 aliphatic carbocycles. The molecule has 0 bridgehead atoms. The van der Waals surface area contributed by atoms with Crippen molar-refractivity contribution in [1.82, 2.24) is 19.7 Å². The van der Waals surface area contributed by atoms with Crippen molar-refractivity contribution in [3.05, 3.63) is 47.7 Å². The van der Waals surface area contributed by atoms with Crippen LogP contribution in [0, 0.1) is 11.3 Å². The van der Waals surface area contributed by atoms with Gasteiger partial charge in [0.25, 0.3) is 0 Å². The molecule has 0 N–H and O–H groups in total. The molecule has 0 aliphatic heterocycles. The minimum Gasteiger partial charge on any atom is -0.302 e. The van der Waals surface area contributed by atoms with Gasteiger partial charge in [0.2, 0.25) is 0 Å². The van der Waals surface area contributed by atoms with Gasteiger partial charge in [-0.25, -0.2) is 9.67 Å². The number of nitriles is 1. The van der Waals surface area contributed by atoms with Crippen LogP contribution >= 0.6 is 0 Å². The predicted octanol–water partition coefficient (Wildman–Crippen LogP) is 4.78. The monoisotopic (exact) mass is 361 g/mol. The summed E-state index contributed by atoms with van der Waals surface area (Å²) in [4.78, 5) is 7.18. The quantitative estimate of drug-likeness (QED) is 0.607. The summed E-state index contributed by atoms with van der Waals surface area (Å²) >= 11 is 0. The highest BCUT2D eigenvalue weighted by Gasteiger charge is 2.14. The number of nitrogens with zero attached hydrogens (tertiary/aromatic N) is 5. The molecule has 0 amide bonds. The Balaban J connectivity index is 1.99. The smallest absolute Gasteiger partial charge is 0.160 e. The van der Waals surface area contributed by atoms with Crippen LogP contribution in [0.4, 0.5) is 0 Å². The Morgan fingerprint density at radius 2 is 2.07 bits per heavy atom. The van der Waals surface area contributed by atoms with Gasteiger partial charge >= 0.3 is 0 Å². The van der Waals surface area contributed by atoms with Crippen LogP contribution in [0.2, 0.25) is 0 Å². The molecule has 2 heterocycles. The van der Waals surface area contributed by atoms with E-state index in [0.29, 0.717) is 5.56 Å². The van der Waals surface area contributed by atoms with E-state index in [1.54, 1.807) is 6.20 Å². The van der Waals surface area contributed by atoms with Crippen LogP contribution in [0.3, 0.4) is 0 Å². The third kappa shape index (κ3) is 4.17. The molecule has 140 valence electrons. The van der Waals surface area contributed by atoms with Gasteiger partial charge in [0.15, 0.2) is 5.65 Å². The first-order valence-electron chi connectivity index (χ1n) is 9.59. The van der Waals surface area contributed by atoms with E-state index >= 15 is 0 Å². The first kappa shape index (κ1) is 19.1. The topological polar surface area (TPSA) is 57.7 Å². The highest BCUT2D eigenvalue weighted by molar-refractivity contribution is 5.85. The van der Waals surface area contributed by atoms with Crippen molar-refractivity contribution in [3.8, 4) is 17.3 Å². The van der Waals surface area contributed by atoms with E-state index in [2.05, 4.69) is 68.2 Å². The van der Waals surface area contributed by atoms with Gasteiger partial charge in [-0.2, -0.15) is 10.4 Å². The van der Waals surface area contributed by atoms with Crippen molar-refractivity contribution in [2.75, 3.05) is 13.6 Å². The minimum absolute atomic E-state index is 0.190. The molecule has 27 heavy (non-hydrogen) atoms. The number of unbranched alkanes of at least 4 members (excludes halogenated alkanes) is 1. The molecule has 0 aliphatic rings. The zero-order valence-corrected chi connectivity index (χ0v) is 16.6. The lowest BCUT2D eigenvalue weighted by Gasteiger charge is -2.16. The third-order valence-corrected chi connectivity index (χ3v) is 4.74. The van der Waals surface area contributed by atoms with E-state index in [1.807, 2.05) is 10.7 Å². The second-order valence-corrected chi connectivity index (χ2v) is 7.38. The SMILES string of the molecule is CCCCN(C)Cc1cccc(-c2cc(C#N)c3cnn(C(C)C)c3n2)c1. The van der Waals surface area contributed by atoms with Crippen LogP contribution in [-0.2, 0) is 6.54 Å². The van der Waals surface area contributed by atoms with Crippen molar-refractivity contribution in [2.24, 2.45) is 0 Å². The molecular formula is C22H27N5. The fraction of sp³-hybridized carbons (Fsp3) is 0.409. The number of fused-ring (bicyclic) bond motifs is 1. The van der Waals surface area contributed by atoms with Gasteiger partial charge in [0.05, 0.1) is 22.8 Å². The Kier molecular flexibility index (Phi) is 5.88. The molecule has 0 fully saturated rings. The van der Waals surface area contributed by atoms with Crippen molar-refractivity contribution in [1.29, 1.82) is 5.26 Å². The predicted molar refractivity (Wildman–Crippen MR) is 109 cm³/mol. The van der Waals surface area contributed by atoms with E-state index in [4.69, 9.17) is 4.98 Å². The van der Waals surface area contributed by atoms with Gasteiger partial charge < -0.3 is 4.90 Å². The second kappa shape index (κ2) is 8.32. The maximum atomic E-state index is 9.59. The standard InChI is InChI=1S/C22H27N5/c1-5-6-10-26(4)15-17-8-7-9-18(11-17)21-12-19(13-23)20-14-24-27(16(2)3)22(20)25-21/h7-9,11-12,14,16H,5-6,10,15H2,1-4H3. The van der Waals surface area contributed by atoms with Crippen molar-refractivity contribution >= 4 is 11.0 Å². The van der Waals surface area contributed by atoms with E-state index < -0.39 is 0 Å². The molecule has 1 aromatic carbocycles. The Labute approximate surface area is 161 Å². The number of benzene rings is 1. The van der Waals surface area contributed by atoms with Gasteiger partial charge in [0.1, 0.15) is 6.07 Å². The second-order valence-electron chi connectivity index (χ2n) is 7.38. The summed E-state index contributed by atoms with van der Waals surface area (Å²) in [6.07, 6.45) is 4.15. The lowest BCUT2D eigenvalue weighted by molar-refractivity contribution is 0.321. The van der Waals surface area contributed by atoms with Gasteiger partial charge in [-0.3, -0.25) is 0 Å². The van der Waals surface area contributed by atoms with Crippen LogP contribution in [-0.4, -0.2) is 33.3 Å². The fourth-order valence-electron chi connectivity index (χ4n) is 3.28. The summed E-state index contributed by atoms with van der Waals surface area (Å²) in [5.74, 6) is 0. The van der Waals surface area contributed by atoms with Crippen molar-refractivity contribution in [3.63, 3.8) is 0 Å². The van der Waals surface area contributed by atoms with E-state index in [9.17, 15) is 5.26 Å². The maximum Gasteiger partial charge on any atom is 0.160 e. The molecule has 0 saturated carbocycles. The highest BCUT2D eigenvalue weighted by atomic mass is 15.3. The molecule has 2 aromatic heterocycles. The Morgan fingerprint density at radius 1 is 1.26 bits per heavy atom. The highest BCUT2D eigenvalue weighted by Crippen LogP contribution is 2.26. The molecule has 0 radical (unpaired) electrons. The van der Waals surface area contributed by atoms with E-state index in [-0.39, 0.29) is 6.04 Å². The fourth-order valence-corrected chi connectivity index (χ4v) is 3.28. The first-order chi connectivity index (χ1) is 13.0. The largest absolute Gasteiger partial charge is 0.302 e. The van der Waals surface area contributed by atoms with Gasteiger partial charge in [0, 0.05) is 18.2 Å². The molecule has 5 nitrogen and oxygen atoms in total. The van der Waals surface area contributed by atoms with Crippen LogP contribution in [0.1, 0.15) is 50.8 Å². The Hall–Kier alpha value is -2.71. The summed E-state index contributed by atoms with van der Waals surface area (Å²) < 4.78 is 1.88. The summed E-state index contributed by atoms with van der Waals surface area (Å²) in [5, 5.41) is 14.8. The molecule has 0 saturated heterocycles. The summed E-state index contributed by atoms with van der Waals surface area (Å²) in [5.41, 5.74) is 4.49. The molecule has 3 rings (SSSR count). The van der Waals surface area contributed by atoms with E-state index in [1.165, 1.54) is 18.4 Å². The van der Waals surface area contributed by atoms with Gasteiger partial charge in [-0.05, 0) is 51.6 Å². The summed E-state index contributed by atoms with van der Waals surface area (Å²) in [6, 6.07) is 12.8. The molecule has 0 spiro atoms. The molecule has 5 heteroatoms. The average Bonchev–Trinajstić information content (AvgIpc) is 3.10. The number of pyridine rings is 1. The van der Waals surface area contributed by atoms with Gasteiger partial charge in [-0.15, -0.1) is 0 Å². The number of aromatic nitrogens is 3. The average molecular weight is 361 g/mol. The molecular weight excluding hydrogens is 334 g/mol. The Bertz CT molecular complexity index is 964. The zero-order chi connectivity index (χ0) is 19.4. The first-order valence-corrected chi connectivity index (χ1v) is 9.59.